The van der Waals surface area contributed by atoms with Crippen molar-refractivity contribution in [1.29, 1.82) is 5.26 Å². The van der Waals surface area contributed by atoms with E-state index in [0.29, 0.717) is 21.5 Å². The summed E-state index contributed by atoms with van der Waals surface area (Å²) in [6.07, 6.45) is 0.943. The predicted octanol–water partition coefficient (Wildman–Crippen LogP) is 4.34. The van der Waals surface area contributed by atoms with Gasteiger partial charge < -0.3 is 5.32 Å². The van der Waals surface area contributed by atoms with Gasteiger partial charge in [0.1, 0.15) is 17.7 Å². The first-order valence-electron chi connectivity index (χ1n) is 6.26. The molecule has 0 spiro atoms. The Balaban J connectivity index is 2.42. The molecule has 0 aliphatic carbocycles. The second kappa shape index (κ2) is 6.49. The standard InChI is InChI=1S/C15H13BrFN3/c1-2-7-19-15-11(9-18)4-6-14(20-15)10-3-5-13(17)12(16)8-10/h3-6,8H,2,7H2,1H3,(H,19,20). The van der Waals surface area contributed by atoms with Crippen LogP contribution in [0, 0.1) is 17.1 Å². The van der Waals surface area contributed by atoms with Crippen molar-refractivity contribution >= 4 is 21.7 Å². The zero-order valence-electron chi connectivity index (χ0n) is 11.0. The number of hydrogen-bond acceptors (Lipinski definition) is 3. The van der Waals surface area contributed by atoms with Gasteiger partial charge in [-0.1, -0.05) is 6.92 Å². The molecule has 0 unspecified atom stereocenters. The average Bonchev–Trinajstić information content (AvgIpc) is 2.47. The van der Waals surface area contributed by atoms with Gasteiger partial charge in [0.15, 0.2) is 0 Å². The molecule has 0 atom stereocenters. The number of nitriles is 1. The fraction of sp³-hybridized carbons (Fsp3) is 0.200. The lowest BCUT2D eigenvalue weighted by molar-refractivity contribution is 0.621. The summed E-state index contributed by atoms with van der Waals surface area (Å²) in [6, 6.07) is 10.3. The second-order valence-electron chi connectivity index (χ2n) is 4.26. The van der Waals surface area contributed by atoms with Gasteiger partial charge >= 0.3 is 0 Å². The maximum Gasteiger partial charge on any atom is 0.144 e. The van der Waals surface area contributed by atoms with E-state index in [1.165, 1.54) is 6.07 Å². The minimum absolute atomic E-state index is 0.313. The third-order valence-corrected chi connectivity index (χ3v) is 3.38. The van der Waals surface area contributed by atoms with E-state index in [1.54, 1.807) is 24.3 Å². The summed E-state index contributed by atoms with van der Waals surface area (Å²) >= 11 is 3.16. The first-order valence-corrected chi connectivity index (χ1v) is 7.05. The molecule has 0 saturated heterocycles. The van der Waals surface area contributed by atoms with E-state index < -0.39 is 0 Å². The number of hydrogen-bond donors (Lipinski definition) is 1. The van der Waals surface area contributed by atoms with E-state index in [1.807, 2.05) is 6.92 Å². The van der Waals surface area contributed by atoms with Crippen LogP contribution >= 0.6 is 15.9 Å². The third-order valence-electron chi connectivity index (χ3n) is 2.77. The van der Waals surface area contributed by atoms with Crippen molar-refractivity contribution in [3.05, 3.63) is 46.2 Å². The van der Waals surface area contributed by atoms with Crippen LogP contribution in [0.15, 0.2) is 34.8 Å². The number of halogens is 2. The smallest absolute Gasteiger partial charge is 0.144 e. The maximum atomic E-state index is 13.3. The number of pyridine rings is 1. The van der Waals surface area contributed by atoms with Crippen molar-refractivity contribution in [2.75, 3.05) is 11.9 Å². The molecule has 0 bridgehead atoms. The molecule has 2 aromatic rings. The van der Waals surface area contributed by atoms with Crippen LogP contribution in [-0.4, -0.2) is 11.5 Å². The molecule has 20 heavy (non-hydrogen) atoms. The van der Waals surface area contributed by atoms with Gasteiger partial charge in [-0.25, -0.2) is 9.37 Å². The number of aromatic nitrogens is 1. The van der Waals surface area contributed by atoms with E-state index in [9.17, 15) is 4.39 Å². The topological polar surface area (TPSA) is 48.7 Å². The summed E-state index contributed by atoms with van der Waals surface area (Å²) in [5.74, 6) is 0.249. The Morgan fingerprint density at radius 1 is 1.35 bits per heavy atom. The average molecular weight is 334 g/mol. The zero-order chi connectivity index (χ0) is 14.5. The van der Waals surface area contributed by atoms with Gasteiger partial charge in [-0.2, -0.15) is 5.26 Å². The van der Waals surface area contributed by atoms with E-state index in [0.717, 1.165) is 18.5 Å². The first-order chi connectivity index (χ1) is 9.65. The molecule has 102 valence electrons. The van der Waals surface area contributed by atoms with E-state index in [4.69, 9.17) is 5.26 Å². The van der Waals surface area contributed by atoms with E-state index in [2.05, 4.69) is 32.3 Å². The Bertz CT molecular complexity index is 665. The first kappa shape index (κ1) is 14.5. The fourth-order valence-electron chi connectivity index (χ4n) is 1.74. The van der Waals surface area contributed by atoms with Crippen LogP contribution in [0.25, 0.3) is 11.3 Å². The molecule has 5 heteroatoms. The molecule has 0 aliphatic rings. The maximum absolute atomic E-state index is 13.3. The van der Waals surface area contributed by atoms with Gasteiger partial charge in [-0.15, -0.1) is 0 Å². The minimum Gasteiger partial charge on any atom is -0.369 e. The van der Waals surface area contributed by atoms with Crippen molar-refractivity contribution in [3.8, 4) is 17.3 Å². The molecule has 3 nitrogen and oxygen atoms in total. The fourth-order valence-corrected chi connectivity index (χ4v) is 2.12. The van der Waals surface area contributed by atoms with Crippen LogP contribution in [0.1, 0.15) is 18.9 Å². The summed E-state index contributed by atoms with van der Waals surface area (Å²) in [7, 11) is 0. The zero-order valence-corrected chi connectivity index (χ0v) is 12.5. The van der Waals surface area contributed by atoms with Crippen LogP contribution in [0.5, 0.6) is 0 Å². The highest BCUT2D eigenvalue weighted by atomic mass is 79.9. The van der Waals surface area contributed by atoms with Gasteiger partial charge in [0, 0.05) is 12.1 Å². The van der Waals surface area contributed by atoms with Gasteiger partial charge in [0.25, 0.3) is 0 Å². The molecule has 2 rings (SSSR count). The number of anilines is 1. The van der Waals surface area contributed by atoms with Crippen LogP contribution in [0.3, 0.4) is 0 Å². The van der Waals surface area contributed by atoms with Gasteiger partial charge in [-0.3, -0.25) is 0 Å². The molecule has 0 radical (unpaired) electrons. The molecule has 0 amide bonds. The molecule has 0 aliphatic heterocycles. The molecule has 1 aromatic carbocycles. The highest BCUT2D eigenvalue weighted by molar-refractivity contribution is 9.10. The number of benzene rings is 1. The highest BCUT2D eigenvalue weighted by Crippen LogP contribution is 2.26. The van der Waals surface area contributed by atoms with Crippen LogP contribution in [0.4, 0.5) is 10.2 Å². The summed E-state index contributed by atoms with van der Waals surface area (Å²) < 4.78 is 13.6. The monoisotopic (exact) mass is 333 g/mol. The summed E-state index contributed by atoms with van der Waals surface area (Å²) in [4.78, 5) is 4.45. The van der Waals surface area contributed by atoms with Crippen LogP contribution in [0.2, 0.25) is 0 Å². The molecule has 1 aromatic heterocycles. The van der Waals surface area contributed by atoms with Gasteiger partial charge in [0.2, 0.25) is 0 Å². The Morgan fingerprint density at radius 3 is 2.80 bits per heavy atom. The van der Waals surface area contributed by atoms with Crippen LogP contribution < -0.4 is 5.32 Å². The Kier molecular flexibility index (Phi) is 4.70. The number of nitrogens with zero attached hydrogens (tertiary/aromatic N) is 2. The molecule has 0 saturated carbocycles. The Morgan fingerprint density at radius 2 is 2.15 bits per heavy atom. The highest BCUT2D eigenvalue weighted by Gasteiger charge is 2.08. The third kappa shape index (κ3) is 3.14. The predicted molar refractivity (Wildman–Crippen MR) is 80.8 cm³/mol. The molecular formula is C15H13BrFN3. The summed E-state index contributed by atoms with van der Waals surface area (Å²) in [5, 5.41) is 12.2. The van der Waals surface area contributed by atoms with Gasteiger partial charge in [0.05, 0.1) is 15.7 Å². The summed E-state index contributed by atoms with van der Waals surface area (Å²) in [6.45, 7) is 2.79. The van der Waals surface area contributed by atoms with Gasteiger partial charge in [-0.05, 0) is 52.7 Å². The normalized spacial score (nSPS) is 10.1. The van der Waals surface area contributed by atoms with Crippen molar-refractivity contribution in [3.63, 3.8) is 0 Å². The molecule has 0 fully saturated rings. The summed E-state index contributed by atoms with van der Waals surface area (Å²) in [5.41, 5.74) is 1.99. The van der Waals surface area contributed by atoms with Crippen molar-refractivity contribution in [2.45, 2.75) is 13.3 Å². The van der Waals surface area contributed by atoms with Crippen molar-refractivity contribution < 1.29 is 4.39 Å². The SMILES string of the molecule is CCCNc1nc(-c2ccc(F)c(Br)c2)ccc1C#N. The number of nitrogens with one attached hydrogen (secondary N) is 1. The Labute approximate surface area is 125 Å². The lowest BCUT2D eigenvalue weighted by Gasteiger charge is -2.09. The minimum atomic E-state index is -0.313. The second-order valence-corrected chi connectivity index (χ2v) is 5.11. The quantitative estimate of drug-likeness (QED) is 0.905. The lowest BCUT2D eigenvalue weighted by Crippen LogP contribution is -2.04. The molecule has 1 heterocycles. The Hall–Kier alpha value is -1.93. The molecular weight excluding hydrogens is 321 g/mol. The van der Waals surface area contributed by atoms with E-state index in [-0.39, 0.29) is 5.82 Å². The van der Waals surface area contributed by atoms with Crippen molar-refractivity contribution in [1.82, 2.24) is 4.98 Å². The lowest BCUT2D eigenvalue weighted by atomic mass is 10.1. The molecule has 1 N–H and O–H groups in total. The van der Waals surface area contributed by atoms with Crippen LogP contribution in [-0.2, 0) is 0 Å². The van der Waals surface area contributed by atoms with Crippen molar-refractivity contribution in [2.24, 2.45) is 0 Å². The largest absolute Gasteiger partial charge is 0.369 e. The van der Waals surface area contributed by atoms with E-state index >= 15 is 0 Å². The number of rotatable bonds is 4.